The summed E-state index contributed by atoms with van der Waals surface area (Å²) in [5, 5.41) is 2.61. The molecule has 0 aliphatic carbocycles. The zero-order chi connectivity index (χ0) is 15.7. The first-order valence-corrected chi connectivity index (χ1v) is 6.45. The highest BCUT2D eigenvalue weighted by Crippen LogP contribution is 2.32. The summed E-state index contributed by atoms with van der Waals surface area (Å²) in [6, 6.07) is 7.00. The van der Waals surface area contributed by atoms with Crippen LogP contribution in [-0.2, 0) is 0 Å². The molecule has 5 nitrogen and oxygen atoms in total. The smallest absolute Gasteiger partial charge is 0.205 e. The van der Waals surface area contributed by atoms with Crippen LogP contribution in [0.5, 0.6) is 11.5 Å². The van der Waals surface area contributed by atoms with Crippen molar-refractivity contribution in [1.82, 2.24) is 9.97 Å². The number of para-hydroxylation sites is 1. The van der Waals surface area contributed by atoms with Gasteiger partial charge in [0.25, 0.3) is 0 Å². The van der Waals surface area contributed by atoms with Crippen LogP contribution in [0.4, 0.5) is 20.4 Å². The molecule has 0 amide bonds. The number of rotatable bonds is 4. The molecule has 3 aromatic rings. The maximum atomic E-state index is 13.6. The number of hydrogen-bond acceptors (Lipinski definition) is 4. The van der Waals surface area contributed by atoms with Gasteiger partial charge in [0.1, 0.15) is 17.3 Å². The van der Waals surface area contributed by atoms with Gasteiger partial charge >= 0.3 is 0 Å². The Labute approximate surface area is 124 Å². The molecule has 0 aliphatic heterocycles. The van der Waals surface area contributed by atoms with Gasteiger partial charge in [-0.3, -0.25) is 0 Å². The summed E-state index contributed by atoms with van der Waals surface area (Å²) >= 11 is 0. The first kappa shape index (κ1) is 14.1. The predicted molar refractivity (Wildman–Crippen MR) is 78.8 cm³/mol. The van der Waals surface area contributed by atoms with Crippen LogP contribution in [0.3, 0.4) is 0 Å². The lowest BCUT2D eigenvalue weighted by Crippen LogP contribution is -1.98. The Hall–Kier alpha value is -2.83. The van der Waals surface area contributed by atoms with Gasteiger partial charge < -0.3 is 19.8 Å². The third kappa shape index (κ3) is 2.41. The van der Waals surface area contributed by atoms with Gasteiger partial charge in [-0.05, 0) is 12.1 Å². The molecule has 1 aromatic heterocycles. The SMILES string of the molecule is COc1cc2nc(Nc3c(F)cccc3F)[nH]c2cc1OC. The van der Waals surface area contributed by atoms with E-state index in [0.29, 0.717) is 22.5 Å². The van der Waals surface area contributed by atoms with Crippen LogP contribution in [0.2, 0.25) is 0 Å². The highest BCUT2D eigenvalue weighted by atomic mass is 19.1. The molecule has 3 rings (SSSR count). The zero-order valence-corrected chi connectivity index (χ0v) is 11.9. The van der Waals surface area contributed by atoms with Crippen LogP contribution in [0, 0.1) is 11.6 Å². The molecular formula is C15H13F2N3O2. The van der Waals surface area contributed by atoms with E-state index in [4.69, 9.17) is 9.47 Å². The number of anilines is 2. The van der Waals surface area contributed by atoms with Crippen LogP contribution < -0.4 is 14.8 Å². The average molecular weight is 305 g/mol. The van der Waals surface area contributed by atoms with Crippen molar-refractivity contribution in [1.29, 1.82) is 0 Å². The lowest BCUT2D eigenvalue weighted by Gasteiger charge is -2.06. The first-order valence-electron chi connectivity index (χ1n) is 6.45. The second kappa shape index (κ2) is 5.51. The van der Waals surface area contributed by atoms with E-state index in [0.717, 1.165) is 0 Å². The monoisotopic (exact) mass is 305 g/mol. The van der Waals surface area contributed by atoms with E-state index in [-0.39, 0.29) is 11.6 Å². The quantitative estimate of drug-likeness (QED) is 0.773. The summed E-state index contributed by atoms with van der Waals surface area (Å²) in [6.45, 7) is 0. The molecule has 22 heavy (non-hydrogen) atoms. The molecule has 2 N–H and O–H groups in total. The topological polar surface area (TPSA) is 59.2 Å². The third-order valence-corrected chi connectivity index (χ3v) is 3.19. The lowest BCUT2D eigenvalue weighted by molar-refractivity contribution is 0.356. The summed E-state index contributed by atoms with van der Waals surface area (Å²) in [4.78, 5) is 7.17. The summed E-state index contributed by atoms with van der Waals surface area (Å²) in [7, 11) is 3.04. The van der Waals surface area contributed by atoms with E-state index in [2.05, 4.69) is 15.3 Å². The van der Waals surface area contributed by atoms with E-state index in [1.165, 1.54) is 32.4 Å². The summed E-state index contributed by atoms with van der Waals surface area (Å²) in [5.41, 5.74) is 0.967. The Balaban J connectivity index is 2.02. The number of aromatic nitrogens is 2. The summed E-state index contributed by atoms with van der Waals surface area (Å²) in [5.74, 6) is -0.132. The van der Waals surface area contributed by atoms with Crippen molar-refractivity contribution in [2.45, 2.75) is 0 Å². The second-order valence-electron chi connectivity index (χ2n) is 4.53. The largest absolute Gasteiger partial charge is 0.493 e. The van der Waals surface area contributed by atoms with Crippen LogP contribution in [0.15, 0.2) is 30.3 Å². The molecule has 0 fully saturated rings. The van der Waals surface area contributed by atoms with Crippen molar-refractivity contribution in [3.05, 3.63) is 42.0 Å². The fraction of sp³-hybridized carbons (Fsp3) is 0.133. The van der Waals surface area contributed by atoms with Crippen molar-refractivity contribution in [3.8, 4) is 11.5 Å². The molecule has 0 bridgehead atoms. The average Bonchev–Trinajstić information content (AvgIpc) is 2.91. The molecule has 0 aliphatic rings. The Morgan fingerprint density at radius 3 is 2.32 bits per heavy atom. The van der Waals surface area contributed by atoms with Crippen molar-refractivity contribution >= 4 is 22.7 Å². The standard InChI is InChI=1S/C15H13F2N3O2/c1-21-12-6-10-11(7-13(12)22-2)19-15(18-10)20-14-8(16)4-3-5-9(14)17/h3-7H,1-2H3,(H2,18,19,20). The lowest BCUT2D eigenvalue weighted by atomic mass is 10.3. The number of nitrogens with one attached hydrogen (secondary N) is 2. The van der Waals surface area contributed by atoms with Crippen molar-refractivity contribution in [2.75, 3.05) is 19.5 Å². The molecular weight excluding hydrogens is 292 g/mol. The van der Waals surface area contributed by atoms with E-state index in [1.807, 2.05) is 0 Å². The van der Waals surface area contributed by atoms with E-state index in [9.17, 15) is 8.78 Å². The maximum absolute atomic E-state index is 13.6. The van der Waals surface area contributed by atoms with E-state index >= 15 is 0 Å². The Morgan fingerprint density at radius 2 is 1.68 bits per heavy atom. The molecule has 0 unspecified atom stereocenters. The summed E-state index contributed by atoms with van der Waals surface area (Å²) < 4.78 is 37.7. The number of ether oxygens (including phenoxy) is 2. The second-order valence-corrected chi connectivity index (χ2v) is 4.53. The third-order valence-electron chi connectivity index (χ3n) is 3.19. The van der Waals surface area contributed by atoms with Crippen molar-refractivity contribution in [2.24, 2.45) is 0 Å². The number of fused-ring (bicyclic) bond motifs is 1. The minimum absolute atomic E-state index is 0.217. The molecule has 0 saturated carbocycles. The van der Waals surface area contributed by atoms with Gasteiger partial charge in [0.2, 0.25) is 5.95 Å². The van der Waals surface area contributed by atoms with Crippen molar-refractivity contribution in [3.63, 3.8) is 0 Å². The van der Waals surface area contributed by atoms with Gasteiger partial charge in [0.15, 0.2) is 11.5 Å². The number of halogens is 2. The number of methoxy groups -OCH3 is 2. The number of nitrogens with zero attached hydrogens (tertiary/aromatic N) is 1. The molecule has 0 saturated heterocycles. The Morgan fingerprint density at radius 1 is 1.05 bits per heavy atom. The fourth-order valence-corrected chi connectivity index (χ4v) is 2.13. The number of aromatic amines is 1. The van der Waals surface area contributed by atoms with Crippen LogP contribution in [0.25, 0.3) is 11.0 Å². The number of hydrogen-bond donors (Lipinski definition) is 2. The first-order chi connectivity index (χ1) is 10.6. The van der Waals surface area contributed by atoms with Crippen LogP contribution >= 0.6 is 0 Å². The number of benzene rings is 2. The Bertz CT molecular complexity index is 772. The van der Waals surface area contributed by atoms with E-state index in [1.54, 1.807) is 12.1 Å². The van der Waals surface area contributed by atoms with Gasteiger partial charge in [-0.25, -0.2) is 13.8 Å². The maximum Gasteiger partial charge on any atom is 0.205 e. The molecule has 0 radical (unpaired) electrons. The molecule has 1 heterocycles. The van der Waals surface area contributed by atoms with Gasteiger partial charge in [-0.1, -0.05) is 6.07 Å². The Kier molecular flexibility index (Phi) is 3.54. The van der Waals surface area contributed by atoms with Gasteiger partial charge in [-0.15, -0.1) is 0 Å². The molecule has 114 valence electrons. The minimum Gasteiger partial charge on any atom is -0.493 e. The van der Waals surface area contributed by atoms with E-state index < -0.39 is 11.6 Å². The molecule has 0 atom stereocenters. The minimum atomic E-state index is -0.699. The van der Waals surface area contributed by atoms with Gasteiger partial charge in [-0.2, -0.15) is 0 Å². The fourth-order valence-electron chi connectivity index (χ4n) is 2.13. The van der Waals surface area contributed by atoms with Crippen LogP contribution in [-0.4, -0.2) is 24.2 Å². The molecule has 2 aromatic carbocycles. The van der Waals surface area contributed by atoms with Crippen molar-refractivity contribution < 1.29 is 18.3 Å². The highest BCUT2D eigenvalue weighted by molar-refractivity contribution is 5.82. The normalized spacial score (nSPS) is 10.7. The molecule has 0 spiro atoms. The number of H-pyrrole nitrogens is 1. The summed E-state index contributed by atoms with van der Waals surface area (Å²) in [6.07, 6.45) is 0. The predicted octanol–water partition coefficient (Wildman–Crippen LogP) is 3.60. The zero-order valence-electron chi connectivity index (χ0n) is 11.9. The van der Waals surface area contributed by atoms with Gasteiger partial charge in [0, 0.05) is 12.1 Å². The van der Waals surface area contributed by atoms with Gasteiger partial charge in [0.05, 0.1) is 25.3 Å². The highest BCUT2D eigenvalue weighted by Gasteiger charge is 2.13. The number of imidazole rings is 1. The molecule has 7 heteroatoms. The van der Waals surface area contributed by atoms with Crippen LogP contribution in [0.1, 0.15) is 0 Å².